The average Bonchev–Trinajstić information content (AvgIpc) is 3.47. The number of fused-ring (bicyclic) bond motifs is 1. The van der Waals surface area contributed by atoms with Gasteiger partial charge >= 0.3 is 0 Å². The van der Waals surface area contributed by atoms with Crippen LogP contribution in [-0.2, 0) is 16.0 Å². The van der Waals surface area contributed by atoms with Gasteiger partial charge in [-0.05, 0) is 47.9 Å². The van der Waals surface area contributed by atoms with E-state index in [1.54, 1.807) is 0 Å². The zero-order chi connectivity index (χ0) is 19.4. The molecule has 0 heterocycles. The summed E-state index contributed by atoms with van der Waals surface area (Å²) in [7, 11) is 0. The summed E-state index contributed by atoms with van der Waals surface area (Å²) in [5.74, 6) is 0.660. The minimum Gasteiger partial charge on any atom is -0.344 e. The van der Waals surface area contributed by atoms with Crippen LogP contribution in [0.25, 0.3) is 10.8 Å². The highest BCUT2D eigenvalue weighted by molar-refractivity contribution is 5.89. The molecule has 2 aromatic rings. The van der Waals surface area contributed by atoms with Gasteiger partial charge in [-0.3, -0.25) is 9.59 Å². The zero-order valence-corrected chi connectivity index (χ0v) is 16.6. The molecule has 144 valence electrons. The van der Waals surface area contributed by atoms with Crippen LogP contribution in [0.2, 0.25) is 0 Å². The number of rotatable bonds is 8. The Kier molecular flexibility index (Phi) is 6.15. The second-order valence-corrected chi connectivity index (χ2v) is 7.97. The van der Waals surface area contributed by atoms with E-state index in [-0.39, 0.29) is 24.2 Å². The van der Waals surface area contributed by atoms with Gasteiger partial charge in [0.1, 0.15) is 6.04 Å². The van der Waals surface area contributed by atoms with Gasteiger partial charge in [0.25, 0.3) is 0 Å². The predicted molar refractivity (Wildman–Crippen MR) is 109 cm³/mol. The van der Waals surface area contributed by atoms with Crippen LogP contribution in [0.5, 0.6) is 0 Å². The fraction of sp³-hybridized carbons (Fsp3) is 0.478. The van der Waals surface area contributed by atoms with Crippen molar-refractivity contribution in [3.05, 3.63) is 48.0 Å². The summed E-state index contributed by atoms with van der Waals surface area (Å²) in [5, 5.41) is 5.28. The molecule has 27 heavy (non-hydrogen) atoms. The summed E-state index contributed by atoms with van der Waals surface area (Å²) >= 11 is 0. The Morgan fingerprint density at radius 2 is 1.81 bits per heavy atom. The second kappa shape index (κ2) is 8.55. The van der Waals surface area contributed by atoms with Gasteiger partial charge in [-0.15, -0.1) is 0 Å². The van der Waals surface area contributed by atoms with E-state index >= 15 is 0 Å². The number of carbonyl (C=O) groups excluding carboxylic acids is 2. The summed E-state index contributed by atoms with van der Waals surface area (Å²) in [6, 6.07) is 13.7. The first-order valence-electron chi connectivity index (χ1n) is 10.0. The third kappa shape index (κ3) is 5.09. The molecule has 1 N–H and O–H groups in total. The molecule has 1 aliphatic rings. The summed E-state index contributed by atoms with van der Waals surface area (Å²) in [6.07, 6.45) is 2.71. The molecule has 1 saturated carbocycles. The number of hydrogen-bond donors (Lipinski definition) is 1. The summed E-state index contributed by atoms with van der Waals surface area (Å²) in [6.45, 7) is 7.50. The largest absolute Gasteiger partial charge is 0.344 e. The van der Waals surface area contributed by atoms with Crippen LogP contribution in [0, 0.1) is 11.8 Å². The number of hydrogen-bond acceptors (Lipinski definition) is 2. The van der Waals surface area contributed by atoms with Crippen LogP contribution in [0.15, 0.2) is 42.5 Å². The van der Waals surface area contributed by atoms with Crippen LogP contribution in [0.4, 0.5) is 0 Å². The molecular formula is C23H30N2O2. The Morgan fingerprint density at radius 3 is 2.44 bits per heavy atom. The Morgan fingerprint density at radius 1 is 1.11 bits per heavy atom. The molecule has 2 aromatic carbocycles. The van der Waals surface area contributed by atoms with E-state index in [1.807, 2.05) is 62.1 Å². The van der Waals surface area contributed by atoms with Crippen LogP contribution in [0.3, 0.4) is 0 Å². The van der Waals surface area contributed by atoms with Crippen molar-refractivity contribution >= 4 is 22.6 Å². The minimum absolute atomic E-state index is 0.0475. The molecule has 0 bridgehead atoms. The lowest BCUT2D eigenvalue weighted by molar-refractivity contribution is -0.137. The first-order valence-corrected chi connectivity index (χ1v) is 10.0. The van der Waals surface area contributed by atoms with Gasteiger partial charge < -0.3 is 10.2 Å². The lowest BCUT2D eigenvalue weighted by Crippen LogP contribution is -2.52. The maximum absolute atomic E-state index is 13.0. The Labute approximate surface area is 161 Å². The molecule has 4 heteroatoms. The molecule has 0 aromatic heterocycles. The van der Waals surface area contributed by atoms with Crippen LogP contribution in [0.1, 0.15) is 39.2 Å². The molecule has 1 atom stereocenters. The monoisotopic (exact) mass is 366 g/mol. The van der Waals surface area contributed by atoms with Crippen molar-refractivity contribution in [3.63, 3.8) is 0 Å². The normalized spacial score (nSPS) is 15.0. The predicted octanol–water partition coefficient (Wildman–Crippen LogP) is 3.78. The summed E-state index contributed by atoms with van der Waals surface area (Å²) in [4.78, 5) is 27.5. The van der Waals surface area contributed by atoms with Crippen molar-refractivity contribution in [1.29, 1.82) is 0 Å². The number of likely N-dealkylation sites (N-methyl/N-ethyl adjacent to an activating group) is 1. The Bertz CT molecular complexity index is 811. The molecule has 1 aliphatic carbocycles. The number of benzene rings is 2. The van der Waals surface area contributed by atoms with Crippen molar-refractivity contribution in [2.75, 3.05) is 13.1 Å². The highest BCUT2D eigenvalue weighted by atomic mass is 16.2. The Balaban J connectivity index is 1.65. The molecule has 3 rings (SSSR count). The van der Waals surface area contributed by atoms with Crippen molar-refractivity contribution < 1.29 is 9.59 Å². The summed E-state index contributed by atoms with van der Waals surface area (Å²) < 4.78 is 0. The van der Waals surface area contributed by atoms with Crippen LogP contribution < -0.4 is 5.32 Å². The molecule has 0 radical (unpaired) electrons. The quantitative estimate of drug-likeness (QED) is 0.773. The fourth-order valence-corrected chi connectivity index (χ4v) is 3.46. The molecule has 0 aliphatic heterocycles. The van der Waals surface area contributed by atoms with Gasteiger partial charge in [0.2, 0.25) is 11.8 Å². The van der Waals surface area contributed by atoms with Crippen molar-refractivity contribution in [1.82, 2.24) is 10.2 Å². The van der Waals surface area contributed by atoms with Gasteiger partial charge in [0, 0.05) is 13.1 Å². The molecule has 1 unspecified atom stereocenters. The number of carbonyl (C=O) groups is 2. The van der Waals surface area contributed by atoms with E-state index in [2.05, 4.69) is 11.4 Å². The van der Waals surface area contributed by atoms with Crippen molar-refractivity contribution in [2.45, 2.75) is 46.1 Å². The first kappa shape index (κ1) is 19.4. The molecule has 0 saturated heterocycles. The van der Waals surface area contributed by atoms with Crippen molar-refractivity contribution in [3.8, 4) is 0 Å². The SMILES string of the molecule is CCN(CC1CC1)C(=O)C(NC(=O)Cc1ccc2ccccc2c1)C(C)C. The smallest absolute Gasteiger partial charge is 0.245 e. The molecule has 0 spiro atoms. The van der Waals surface area contributed by atoms with Gasteiger partial charge in [-0.2, -0.15) is 0 Å². The minimum atomic E-state index is -0.461. The van der Waals surface area contributed by atoms with E-state index in [0.717, 1.165) is 22.9 Å². The molecule has 2 amide bonds. The Hall–Kier alpha value is -2.36. The molecule has 1 fully saturated rings. The van der Waals surface area contributed by atoms with Gasteiger partial charge in [0.05, 0.1) is 6.42 Å². The number of nitrogens with one attached hydrogen (secondary N) is 1. The third-order valence-electron chi connectivity index (χ3n) is 5.30. The first-order chi connectivity index (χ1) is 13.0. The van der Waals surface area contributed by atoms with Gasteiger partial charge in [-0.25, -0.2) is 0 Å². The highest BCUT2D eigenvalue weighted by Crippen LogP contribution is 2.30. The number of nitrogens with zero attached hydrogens (tertiary/aromatic N) is 1. The fourth-order valence-electron chi connectivity index (χ4n) is 3.46. The maximum atomic E-state index is 13.0. The van der Waals surface area contributed by atoms with Crippen molar-refractivity contribution in [2.24, 2.45) is 11.8 Å². The highest BCUT2D eigenvalue weighted by Gasteiger charge is 2.31. The second-order valence-electron chi connectivity index (χ2n) is 7.97. The van der Waals surface area contributed by atoms with E-state index in [0.29, 0.717) is 12.5 Å². The van der Waals surface area contributed by atoms with Crippen LogP contribution >= 0.6 is 0 Å². The van der Waals surface area contributed by atoms with Gasteiger partial charge in [0.15, 0.2) is 0 Å². The summed E-state index contributed by atoms with van der Waals surface area (Å²) in [5.41, 5.74) is 0.964. The lowest BCUT2D eigenvalue weighted by atomic mass is 10.0. The lowest BCUT2D eigenvalue weighted by Gasteiger charge is -2.29. The van der Waals surface area contributed by atoms with Crippen LogP contribution in [-0.4, -0.2) is 35.8 Å². The van der Waals surface area contributed by atoms with Gasteiger partial charge in [-0.1, -0.05) is 56.3 Å². The third-order valence-corrected chi connectivity index (χ3v) is 5.30. The van der Waals surface area contributed by atoms with E-state index in [4.69, 9.17) is 0 Å². The van der Waals surface area contributed by atoms with E-state index in [9.17, 15) is 9.59 Å². The molecule has 4 nitrogen and oxygen atoms in total. The number of amides is 2. The van der Waals surface area contributed by atoms with E-state index in [1.165, 1.54) is 12.8 Å². The molecular weight excluding hydrogens is 336 g/mol. The maximum Gasteiger partial charge on any atom is 0.245 e. The average molecular weight is 367 g/mol. The standard InChI is InChI=1S/C23H30N2O2/c1-4-25(15-17-9-10-17)23(27)22(16(2)3)24-21(26)14-18-11-12-19-7-5-6-8-20(19)13-18/h5-8,11-13,16-17,22H,4,9-10,14-15H2,1-3H3,(H,24,26). The zero-order valence-electron chi connectivity index (χ0n) is 16.6. The van der Waals surface area contributed by atoms with E-state index < -0.39 is 6.04 Å². The topological polar surface area (TPSA) is 49.4 Å².